The van der Waals surface area contributed by atoms with Crippen molar-refractivity contribution in [1.29, 1.82) is 0 Å². The second kappa shape index (κ2) is 9.01. The minimum Gasteiger partial charge on any atom is -0.457 e. The minimum atomic E-state index is -0.628. The van der Waals surface area contributed by atoms with Gasteiger partial charge < -0.3 is 15.8 Å². The van der Waals surface area contributed by atoms with Crippen LogP contribution in [0, 0.1) is 0 Å². The Morgan fingerprint density at radius 2 is 1.96 bits per heavy atom. The number of nitrogens with two attached hydrogens (primary N) is 1. The van der Waals surface area contributed by atoms with Crippen LogP contribution in [-0.4, -0.2) is 27.7 Å². The fraction of sp³-hybridized carbons (Fsp3) is 0.111. The number of primary amides is 1. The molecule has 2 amide bonds. The zero-order valence-corrected chi connectivity index (χ0v) is 16.6. The molecule has 3 aromatic rings. The van der Waals surface area contributed by atoms with Gasteiger partial charge in [-0.2, -0.15) is 4.37 Å². The monoisotopic (exact) mass is 436 g/mol. The zero-order valence-electron chi connectivity index (χ0n) is 14.3. The van der Waals surface area contributed by atoms with E-state index in [1.807, 2.05) is 18.2 Å². The van der Waals surface area contributed by atoms with Gasteiger partial charge in [-0.1, -0.05) is 35.3 Å². The molecule has 0 radical (unpaired) electrons. The first-order chi connectivity index (χ1) is 13.4. The highest BCUT2D eigenvalue weighted by Gasteiger charge is 2.17. The minimum absolute atomic E-state index is 0.122. The number of nitrogens with zero attached hydrogens (tertiary/aromatic N) is 2. The van der Waals surface area contributed by atoms with E-state index in [4.69, 9.17) is 33.7 Å². The van der Waals surface area contributed by atoms with Crippen LogP contribution in [0.2, 0.25) is 9.36 Å². The highest BCUT2D eigenvalue weighted by molar-refractivity contribution is 7.11. The number of benzene rings is 1. The highest BCUT2D eigenvalue weighted by Crippen LogP contribution is 2.29. The third-order valence-electron chi connectivity index (χ3n) is 3.63. The van der Waals surface area contributed by atoms with E-state index in [-0.39, 0.29) is 26.7 Å². The molecular weight excluding hydrogens is 423 g/mol. The van der Waals surface area contributed by atoms with Crippen LogP contribution in [0.1, 0.15) is 26.5 Å². The Balaban J connectivity index is 1.59. The molecule has 0 saturated heterocycles. The standard InChI is InChI=1S/C18H14Cl2N4O3S/c19-14-15(24-28-16(14)20)18(26)23-6-4-10-2-1-3-11(8-10)27-12-5-7-22-13(9-12)17(21)25/h1-3,5,7-9H,4,6H2,(H2,21,25)(H,23,26). The van der Waals surface area contributed by atoms with Crippen LogP contribution < -0.4 is 15.8 Å². The summed E-state index contributed by atoms with van der Waals surface area (Å²) in [7, 11) is 0. The summed E-state index contributed by atoms with van der Waals surface area (Å²) in [6.45, 7) is 0.384. The van der Waals surface area contributed by atoms with Gasteiger partial charge in [-0.05, 0) is 41.7 Å². The number of amides is 2. The van der Waals surface area contributed by atoms with Gasteiger partial charge in [0.05, 0.1) is 0 Å². The second-order valence-corrected chi connectivity index (χ2v) is 7.37. The first-order valence-corrected chi connectivity index (χ1v) is 9.58. The van der Waals surface area contributed by atoms with E-state index in [1.165, 1.54) is 12.3 Å². The Morgan fingerprint density at radius 1 is 1.18 bits per heavy atom. The van der Waals surface area contributed by atoms with Crippen molar-refractivity contribution in [2.75, 3.05) is 6.54 Å². The summed E-state index contributed by atoms with van der Waals surface area (Å²) >= 11 is 12.7. The number of carbonyl (C=O) groups is 2. The predicted molar refractivity (Wildman–Crippen MR) is 107 cm³/mol. The lowest BCUT2D eigenvalue weighted by Gasteiger charge is -2.09. The molecule has 0 fully saturated rings. The molecule has 0 aliphatic heterocycles. The summed E-state index contributed by atoms with van der Waals surface area (Å²) < 4.78 is 9.96. The lowest BCUT2D eigenvalue weighted by molar-refractivity contribution is 0.0949. The van der Waals surface area contributed by atoms with E-state index in [2.05, 4.69) is 14.7 Å². The smallest absolute Gasteiger partial charge is 0.272 e. The normalized spacial score (nSPS) is 10.5. The zero-order chi connectivity index (χ0) is 20.1. The Hall–Kier alpha value is -2.68. The Kier molecular flexibility index (Phi) is 6.45. The van der Waals surface area contributed by atoms with E-state index >= 15 is 0 Å². The summed E-state index contributed by atoms with van der Waals surface area (Å²) in [5, 5.41) is 2.91. The van der Waals surface area contributed by atoms with Gasteiger partial charge in [-0.25, -0.2) is 0 Å². The largest absolute Gasteiger partial charge is 0.457 e. The van der Waals surface area contributed by atoms with E-state index in [1.54, 1.807) is 12.1 Å². The molecule has 28 heavy (non-hydrogen) atoms. The maximum absolute atomic E-state index is 12.1. The SMILES string of the molecule is NC(=O)c1cc(Oc2cccc(CCNC(=O)c3nsc(Cl)c3Cl)c2)ccn1. The van der Waals surface area contributed by atoms with Gasteiger partial charge in [0.15, 0.2) is 5.69 Å². The fourth-order valence-corrected chi connectivity index (χ4v) is 3.31. The van der Waals surface area contributed by atoms with Crippen LogP contribution in [0.25, 0.3) is 0 Å². The van der Waals surface area contributed by atoms with Gasteiger partial charge in [0.25, 0.3) is 11.8 Å². The molecule has 3 N–H and O–H groups in total. The second-order valence-electron chi connectivity index (χ2n) is 5.62. The molecule has 2 heterocycles. The molecule has 2 aromatic heterocycles. The van der Waals surface area contributed by atoms with Crippen molar-refractivity contribution in [1.82, 2.24) is 14.7 Å². The van der Waals surface area contributed by atoms with Crippen LogP contribution in [0.5, 0.6) is 11.5 Å². The molecule has 0 aliphatic rings. The number of hydrogen-bond donors (Lipinski definition) is 2. The number of carbonyl (C=O) groups excluding carboxylic acids is 2. The van der Waals surface area contributed by atoms with Crippen molar-refractivity contribution in [2.24, 2.45) is 5.73 Å². The van der Waals surface area contributed by atoms with Crippen molar-refractivity contribution in [3.63, 3.8) is 0 Å². The van der Waals surface area contributed by atoms with Gasteiger partial charge in [0, 0.05) is 18.8 Å². The van der Waals surface area contributed by atoms with Crippen LogP contribution >= 0.6 is 34.7 Å². The average Bonchev–Trinajstić information content (AvgIpc) is 3.01. The van der Waals surface area contributed by atoms with Gasteiger partial charge in [-0.3, -0.25) is 14.6 Å². The van der Waals surface area contributed by atoms with E-state index in [0.717, 1.165) is 17.1 Å². The summed E-state index contributed by atoms with van der Waals surface area (Å²) in [5.74, 6) is 0.0249. The number of halogens is 2. The van der Waals surface area contributed by atoms with Gasteiger partial charge in [0.1, 0.15) is 26.6 Å². The number of rotatable bonds is 7. The quantitative estimate of drug-likeness (QED) is 0.586. The number of aromatic nitrogens is 2. The van der Waals surface area contributed by atoms with Gasteiger partial charge >= 0.3 is 0 Å². The van der Waals surface area contributed by atoms with E-state index in [9.17, 15) is 9.59 Å². The topological polar surface area (TPSA) is 107 Å². The summed E-state index contributed by atoms with van der Waals surface area (Å²) in [6, 6.07) is 10.5. The summed E-state index contributed by atoms with van der Waals surface area (Å²) in [6.07, 6.45) is 2.02. The highest BCUT2D eigenvalue weighted by atomic mass is 35.5. The maximum atomic E-state index is 12.1. The number of nitrogens with one attached hydrogen (secondary N) is 1. The summed E-state index contributed by atoms with van der Waals surface area (Å²) in [5.41, 5.74) is 6.41. The fourth-order valence-electron chi connectivity index (χ4n) is 2.31. The van der Waals surface area contributed by atoms with Crippen molar-refractivity contribution in [3.8, 4) is 11.5 Å². The first-order valence-electron chi connectivity index (χ1n) is 8.05. The molecule has 0 aliphatic carbocycles. The van der Waals surface area contributed by atoms with E-state index in [0.29, 0.717) is 24.5 Å². The molecule has 1 aromatic carbocycles. The van der Waals surface area contributed by atoms with Crippen LogP contribution in [0.4, 0.5) is 0 Å². The van der Waals surface area contributed by atoms with Gasteiger partial charge in [-0.15, -0.1) is 0 Å². The molecule has 0 spiro atoms. The Labute approximate surface area is 174 Å². The Bertz CT molecular complexity index is 1030. The van der Waals surface area contributed by atoms with Crippen LogP contribution in [0.3, 0.4) is 0 Å². The van der Waals surface area contributed by atoms with Crippen molar-refractivity contribution in [3.05, 3.63) is 68.9 Å². The number of hydrogen-bond acceptors (Lipinski definition) is 6. The Morgan fingerprint density at radius 3 is 2.68 bits per heavy atom. The molecular formula is C18H14Cl2N4O3S. The van der Waals surface area contributed by atoms with Crippen molar-refractivity contribution < 1.29 is 14.3 Å². The lowest BCUT2D eigenvalue weighted by Crippen LogP contribution is -2.26. The van der Waals surface area contributed by atoms with E-state index < -0.39 is 5.91 Å². The van der Waals surface area contributed by atoms with Crippen molar-refractivity contribution in [2.45, 2.75) is 6.42 Å². The molecule has 144 valence electrons. The number of ether oxygens (including phenoxy) is 1. The summed E-state index contributed by atoms with van der Waals surface area (Å²) in [4.78, 5) is 27.2. The molecule has 0 saturated carbocycles. The first kappa shape index (κ1) is 20.1. The molecule has 3 rings (SSSR count). The predicted octanol–water partition coefficient (Wildman–Crippen LogP) is 3.71. The maximum Gasteiger partial charge on any atom is 0.272 e. The molecule has 0 bridgehead atoms. The third kappa shape index (κ3) is 4.98. The van der Waals surface area contributed by atoms with Crippen LogP contribution in [-0.2, 0) is 6.42 Å². The number of pyridine rings is 1. The lowest BCUT2D eigenvalue weighted by atomic mass is 10.1. The third-order valence-corrected chi connectivity index (χ3v) is 5.24. The molecule has 7 nitrogen and oxygen atoms in total. The molecule has 0 atom stereocenters. The molecule has 0 unspecified atom stereocenters. The average molecular weight is 437 g/mol. The van der Waals surface area contributed by atoms with Gasteiger partial charge in [0.2, 0.25) is 0 Å². The van der Waals surface area contributed by atoms with Crippen LogP contribution in [0.15, 0.2) is 42.6 Å². The molecule has 10 heteroatoms. The van der Waals surface area contributed by atoms with Crippen molar-refractivity contribution >= 4 is 46.5 Å².